The molecule has 1 aromatic heterocycles. The van der Waals surface area contributed by atoms with Crippen LogP contribution in [0, 0.1) is 5.82 Å². The molecular formula is C28H30FN3O. The Balaban J connectivity index is 1.73. The topological polar surface area (TPSA) is 54.9 Å². The van der Waals surface area contributed by atoms with Crippen molar-refractivity contribution in [2.24, 2.45) is 0 Å². The molecule has 1 amide bonds. The van der Waals surface area contributed by atoms with E-state index in [0.29, 0.717) is 24.4 Å². The monoisotopic (exact) mass is 443 g/mol. The molecule has 4 nitrogen and oxygen atoms in total. The first kappa shape index (κ1) is 24.1. The molecule has 0 unspecified atom stereocenters. The molecule has 0 aliphatic carbocycles. The minimum atomic E-state index is -0.296. The maximum Gasteiger partial charge on any atom is 0.225 e. The third-order valence-corrected chi connectivity index (χ3v) is 5.28. The van der Waals surface area contributed by atoms with E-state index < -0.39 is 0 Å². The van der Waals surface area contributed by atoms with E-state index in [2.05, 4.69) is 35.4 Å². The van der Waals surface area contributed by atoms with Crippen LogP contribution in [-0.2, 0) is 17.6 Å². The maximum atomic E-state index is 13.3. The Morgan fingerprint density at radius 3 is 2.52 bits per heavy atom. The zero-order valence-electron chi connectivity index (χ0n) is 19.2. The van der Waals surface area contributed by atoms with Crippen molar-refractivity contribution in [3.8, 4) is 11.3 Å². The van der Waals surface area contributed by atoms with E-state index >= 15 is 0 Å². The van der Waals surface area contributed by atoms with E-state index in [1.807, 2.05) is 37.3 Å². The van der Waals surface area contributed by atoms with Gasteiger partial charge in [-0.15, -0.1) is 0 Å². The van der Waals surface area contributed by atoms with Crippen molar-refractivity contribution in [3.05, 3.63) is 102 Å². The third kappa shape index (κ3) is 7.79. The van der Waals surface area contributed by atoms with Crippen LogP contribution in [0.1, 0.15) is 44.4 Å². The van der Waals surface area contributed by atoms with Crippen LogP contribution in [0.2, 0.25) is 0 Å². The van der Waals surface area contributed by atoms with Crippen molar-refractivity contribution in [1.29, 1.82) is 0 Å². The lowest BCUT2D eigenvalue weighted by molar-refractivity contribution is -0.116. The van der Waals surface area contributed by atoms with Crippen LogP contribution in [0.15, 0.2) is 84.6 Å². The molecule has 0 atom stereocenters. The molecule has 0 spiro atoms. The standard InChI is InChI=1S/C28H30FN3O/c1-3-4-9-21(2)10-8-13-27(33)32-28-25(19-14-22-11-6-5-7-12-22)31-26(20-30-28)23-15-17-24(29)18-16-23/h3-7,9,11-12,15-18,20H,8,10,13-14,19H2,1-2H3,(H,30,32,33)/b4-3-,21-9+. The predicted molar refractivity (Wildman–Crippen MR) is 132 cm³/mol. The zero-order valence-corrected chi connectivity index (χ0v) is 19.2. The number of anilines is 1. The molecule has 170 valence electrons. The lowest BCUT2D eigenvalue weighted by Gasteiger charge is -2.12. The van der Waals surface area contributed by atoms with Crippen LogP contribution in [0.25, 0.3) is 11.3 Å². The normalized spacial score (nSPS) is 11.7. The Hall–Kier alpha value is -3.60. The highest BCUT2D eigenvalue weighted by molar-refractivity contribution is 5.90. The van der Waals surface area contributed by atoms with E-state index in [9.17, 15) is 9.18 Å². The molecule has 3 rings (SSSR count). The molecule has 0 fully saturated rings. The molecule has 33 heavy (non-hydrogen) atoms. The van der Waals surface area contributed by atoms with Gasteiger partial charge in [0.25, 0.3) is 0 Å². The number of rotatable bonds is 10. The molecule has 0 radical (unpaired) electrons. The highest BCUT2D eigenvalue weighted by Gasteiger charge is 2.13. The van der Waals surface area contributed by atoms with Gasteiger partial charge in [0.2, 0.25) is 5.91 Å². The van der Waals surface area contributed by atoms with Gasteiger partial charge >= 0.3 is 0 Å². The molecule has 5 heteroatoms. The minimum absolute atomic E-state index is 0.0707. The first-order valence-corrected chi connectivity index (χ1v) is 11.3. The van der Waals surface area contributed by atoms with Crippen LogP contribution < -0.4 is 5.32 Å². The number of nitrogens with one attached hydrogen (secondary N) is 1. The van der Waals surface area contributed by atoms with Gasteiger partial charge in [0.1, 0.15) is 5.82 Å². The summed E-state index contributed by atoms with van der Waals surface area (Å²) in [6.45, 7) is 4.05. The van der Waals surface area contributed by atoms with Crippen molar-refractivity contribution in [3.63, 3.8) is 0 Å². The van der Waals surface area contributed by atoms with Crippen LogP contribution in [-0.4, -0.2) is 15.9 Å². The number of benzene rings is 2. The molecular weight excluding hydrogens is 413 g/mol. The quantitative estimate of drug-likeness (QED) is 0.355. The molecule has 0 saturated heterocycles. The van der Waals surface area contributed by atoms with E-state index in [-0.39, 0.29) is 11.7 Å². The smallest absolute Gasteiger partial charge is 0.225 e. The number of halogens is 1. The molecule has 2 aromatic carbocycles. The van der Waals surface area contributed by atoms with Gasteiger partial charge in [-0.3, -0.25) is 4.79 Å². The molecule has 3 aromatic rings. The molecule has 1 N–H and O–H groups in total. The van der Waals surface area contributed by atoms with Gasteiger partial charge in [-0.25, -0.2) is 14.4 Å². The molecule has 0 aliphatic rings. The SMILES string of the molecule is C/C=C\C=C(/C)CCCC(=O)Nc1ncc(-c2ccc(F)cc2)nc1CCc1ccccc1. The summed E-state index contributed by atoms with van der Waals surface area (Å²) in [4.78, 5) is 21.8. The molecule has 0 saturated carbocycles. The van der Waals surface area contributed by atoms with E-state index in [1.54, 1.807) is 18.3 Å². The van der Waals surface area contributed by atoms with Crippen LogP contribution in [0.5, 0.6) is 0 Å². The summed E-state index contributed by atoms with van der Waals surface area (Å²) in [5, 5.41) is 2.95. The fourth-order valence-electron chi connectivity index (χ4n) is 3.44. The number of hydrogen-bond acceptors (Lipinski definition) is 3. The van der Waals surface area contributed by atoms with Crippen LogP contribution in [0.4, 0.5) is 10.2 Å². The summed E-state index contributed by atoms with van der Waals surface area (Å²) >= 11 is 0. The van der Waals surface area contributed by atoms with Crippen molar-refractivity contribution in [2.45, 2.75) is 46.0 Å². The first-order chi connectivity index (χ1) is 16.0. The van der Waals surface area contributed by atoms with Crippen LogP contribution in [0.3, 0.4) is 0 Å². The number of carbonyl (C=O) groups is 1. The zero-order chi connectivity index (χ0) is 23.5. The van der Waals surface area contributed by atoms with Crippen molar-refractivity contribution >= 4 is 11.7 Å². The minimum Gasteiger partial charge on any atom is -0.309 e. The third-order valence-electron chi connectivity index (χ3n) is 5.28. The van der Waals surface area contributed by atoms with Gasteiger partial charge in [-0.2, -0.15) is 0 Å². The Morgan fingerprint density at radius 2 is 1.79 bits per heavy atom. The summed E-state index contributed by atoms with van der Waals surface area (Å²) < 4.78 is 13.3. The highest BCUT2D eigenvalue weighted by atomic mass is 19.1. The van der Waals surface area contributed by atoms with Gasteiger partial charge in [0, 0.05) is 12.0 Å². The predicted octanol–water partition coefficient (Wildman–Crippen LogP) is 6.70. The lowest BCUT2D eigenvalue weighted by atomic mass is 10.1. The Morgan fingerprint density at radius 1 is 1.03 bits per heavy atom. The van der Waals surface area contributed by atoms with Crippen molar-refractivity contribution in [1.82, 2.24) is 9.97 Å². The fraction of sp³-hybridized carbons (Fsp3) is 0.250. The van der Waals surface area contributed by atoms with E-state index in [4.69, 9.17) is 4.98 Å². The summed E-state index contributed by atoms with van der Waals surface area (Å²) in [6.07, 6.45) is 11.2. The van der Waals surface area contributed by atoms with Gasteiger partial charge in [-0.05, 0) is 69.4 Å². The average Bonchev–Trinajstić information content (AvgIpc) is 2.83. The molecule has 0 aliphatic heterocycles. The van der Waals surface area contributed by atoms with Gasteiger partial charge in [0.05, 0.1) is 17.6 Å². The summed E-state index contributed by atoms with van der Waals surface area (Å²) in [5.74, 6) is 0.122. The van der Waals surface area contributed by atoms with Gasteiger partial charge < -0.3 is 5.32 Å². The number of nitrogens with zero attached hydrogens (tertiary/aromatic N) is 2. The largest absolute Gasteiger partial charge is 0.309 e. The van der Waals surface area contributed by atoms with Crippen molar-refractivity contribution in [2.75, 3.05) is 5.32 Å². The van der Waals surface area contributed by atoms with Crippen LogP contribution >= 0.6 is 0 Å². The highest BCUT2D eigenvalue weighted by Crippen LogP contribution is 2.22. The number of aromatic nitrogens is 2. The second kappa shape index (κ2) is 12.4. The number of allylic oxidation sites excluding steroid dienone is 4. The van der Waals surface area contributed by atoms with E-state index in [1.165, 1.54) is 23.3 Å². The lowest BCUT2D eigenvalue weighted by Crippen LogP contribution is -2.15. The maximum absolute atomic E-state index is 13.3. The summed E-state index contributed by atoms with van der Waals surface area (Å²) in [7, 11) is 0. The molecule has 0 bridgehead atoms. The number of amides is 1. The Labute approximate surface area is 195 Å². The average molecular weight is 444 g/mol. The Kier molecular flexibility index (Phi) is 9.07. The van der Waals surface area contributed by atoms with Gasteiger partial charge in [0.15, 0.2) is 5.82 Å². The number of hydrogen-bond donors (Lipinski definition) is 1. The molecule has 1 heterocycles. The van der Waals surface area contributed by atoms with Crippen molar-refractivity contribution < 1.29 is 9.18 Å². The fourth-order valence-corrected chi connectivity index (χ4v) is 3.44. The number of aryl methyl sites for hydroxylation is 2. The summed E-state index contributed by atoms with van der Waals surface area (Å²) in [6, 6.07) is 16.3. The summed E-state index contributed by atoms with van der Waals surface area (Å²) in [5.41, 5.74) is 4.59. The second-order valence-corrected chi connectivity index (χ2v) is 7.98. The Bertz CT molecular complexity index is 1110. The second-order valence-electron chi connectivity index (χ2n) is 7.98. The first-order valence-electron chi connectivity index (χ1n) is 11.3. The van der Waals surface area contributed by atoms with E-state index in [0.717, 1.165) is 30.5 Å². The van der Waals surface area contributed by atoms with Gasteiger partial charge in [-0.1, -0.05) is 54.1 Å². The number of carbonyl (C=O) groups excluding carboxylic acids is 1.